The van der Waals surface area contributed by atoms with Crippen LogP contribution in [-0.4, -0.2) is 26.1 Å². The van der Waals surface area contributed by atoms with Gasteiger partial charge in [-0.25, -0.2) is 13.9 Å². The molecule has 2 aromatic rings. The van der Waals surface area contributed by atoms with E-state index >= 15 is 0 Å². The number of nitrogens with zero attached hydrogens (tertiary/aromatic N) is 3. The Balaban J connectivity index is 2.80. The van der Waals surface area contributed by atoms with Crippen molar-refractivity contribution in [3.63, 3.8) is 0 Å². The summed E-state index contributed by atoms with van der Waals surface area (Å²) < 4.78 is 14.5. The van der Waals surface area contributed by atoms with Crippen molar-refractivity contribution >= 4 is 17.0 Å². The van der Waals surface area contributed by atoms with Crippen LogP contribution in [0.2, 0.25) is 0 Å². The molecular formula is C8H6FN3O2. The van der Waals surface area contributed by atoms with Gasteiger partial charge in [0.2, 0.25) is 0 Å². The van der Waals surface area contributed by atoms with Crippen molar-refractivity contribution in [3.8, 4) is 0 Å². The third-order valence-electron chi connectivity index (χ3n) is 1.93. The summed E-state index contributed by atoms with van der Waals surface area (Å²) in [4.78, 5) is 10.6. The largest absolute Gasteiger partial charge is 0.478 e. The van der Waals surface area contributed by atoms with E-state index in [0.29, 0.717) is 11.0 Å². The van der Waals surface area contributed by atoms with Gasteiger partial charge in [-0.2, -0.15) is 0 Å². The fourth-order valence-electron chi connectivity index (χ4n) is 1.22. The summed E-state index contributed by atoms with van der Waals surface area (Å²) in [6, 6.07) is 2.28. The number of halogens is 1. The van der Waals surface area contributed by atoms with E-state index in [9.17, 15) is 9.18 Å². The normalized spacial score (nSPS) is 10.7. The Morgan fingerprint density at radius 1 is 1.57 bits per heavy atom. The average molecular weight is 195 g/mol. The lowest BCUT2D eigenvalue weighted by Gasteiger charge is -1.97. The second-order valence-electron chi connectivity index (χ2n) is 2.84. The number of carboxylic acids is 1. The number of aryl methyl sites for hydroxylation is 1. The number of aromatic carboxylic acids is 1. The van der Waals surface area contributed by atoms with Crippen LogP contribution in [0.15, 0.2) is 12.1 Å². The zero-order valence-electron chi connectivity index (χ0n) is 7.23. The first kappa shape index (κ1) is 8.61. The van der Waals surface area contributed by atoms with E-state index < -0.39 is 11.8 Å². The zero-order chi connectivity index (χ0) is 10.3. The molecule has 72 valence electrons. The first-order valence-corrected chi connectivity index (χ1v) is 3.82. The van der Waals surface area contributed by atoms with Crippen molar-refractivity contribution < 1.29 is 14.3 Å². The highest BCUT2D eigenvalue weighted by molar-refractivity contribution is 5.92. The van der Waals surface area contributed by atoms with Crippen LogP contribution in [0.1, 0.15) is 10.4 Å². The number of carbonyl (C=O) groups is 1. The molecule has 2 rings (SSSR count). The maximum absolute atomic E-state index is 13.1. The standard InChI is InChI=1S/C8H6FN3O2/c1-12-7-2-4(8(13)14)5(9)3-6(7)10-11-12/h2-3H,1H3,(H,13,14). The molecular weight excluding hydrogens is 189 g/mol. The van der Waals surface area contributed by atoms with E-state index in [0.717, 1.165) is 6.07 Å². The highest BCUT2D eigenvalue weighted by atomic mass is 19.1. The topological polar surface area (TPSA) is 68.0 Å². The summed E-state index contributed by atoms with van der Waals surface area (Å²) in [6.45, 7) is 0. The highest BCUT2D eigenvalue weighted by Gasteiger charge is 2.13. The van der Waals surface area contributed by atoms with Gasteiger partial charge in [0.05, 0.1) is 11.1 Å². The minimum absolute atomic E-state index is 0.343. The Kier molecular flexibility index (Phi) is 1.70. The number of fused-ring (bicyclic) bond motifs is 1. The third-order valence-corrected chi connectivity index (χ3v) is 1.93. The number of aromatic nitrogens is 3. The molecule has 0 aliphatic carbocycles. The van der Waals surface area contributed by atoms with Gasteiger partial charge < -0.3 is 5.11 Å². The van der Waals surface area contributed by atoms with E-state index in [4.69, 9.17) is 5.11 Å². The summed E-state index contributed by atoms with van der Waals surface area (Å²) >= 11 is 0. The summed E-state index contributed by atoms with van der Waals surface area (Å²) in [5, 5.41) is 16.0. The van der Waals surface area contributed by atoms with Gasteiger partial charge in [-0.1, -0.05) is 5.21 Å². The molecule has 1 aromatic heterocycles. The van der Waals surface area contributed by atoms with Gasteiger partial charge in [-0.15, -0.1) is 5.10 Å². The highest BCUT2D eigenvalue weighted by Crippen LogP contribution is 2.16. The lowest BCUT2D eigenvalue weighted by atomic mass is 10.2. The molecule has 1 heterocycles. The molecule has 1 N–H and O–H groups in total. The quantitative estimate of drug-likeness (QED) is 0.730. The Labute approximate surface area is 77.8 Å². The number of rotatable bonds is 1. The van der Waals surface area contributed by atoms with Crippen LogP contribution in [0.4, 0.5) is 4.39 Å². The minimum atomic E-state index is -1.30. The molecule has 0 amide bonds. The Hall–Kier alpha value is -1.98. The second-order valence-corrected chi connectivity index (χ2v) is 2.84. The summed E-state index contributed by atoms with van der Waals surface area (Å²) in [5.74, 6) is -2.10. The van der Waals surface area contributed by atoms with E-state index in [1.807, 2.05) is 0 Å². The van der Waals surface area contributed by atoms with Gasteiger partial charge >= 0.3 is 5.97 Å². The molecule has 0 unspecified atom stereocenters. The minimum Gasteiger partial charge on any atom is -0.478 e. The summed E-state index contributed by atoms with van der Waals surface area (Å²) in [7, 11) is 1.61. The Morgan fingerprint density at radius 2 is 2.29 bits per heavy atom. The fraction of sp³-hybridized carbons (Fsp3) is 0.125. The SMILES string of the molecule is Cn1nnc2cc(F)c(C(=O)O)cc21. The van der Waals surface area contributed by atoms with Crippen LogP contribution < -0.4 is 0 Å². The molecule has 0 aliphatic rings. The van der Waals surface area contributed by atoms with Crippen molar-refractivity contribution in [1.29, 1.82) is 0 Å². The smallest absolute Gasteiger partial charge is 0.338 e. The maximum atomic E-state index is 13.1. The van der Waals surface area contributed by atoms with Crippen LogP contribution in [-0.2, 0) is 7.05 Å². The lowest BCUT2D eigenvalue weighted by molar-refractivity contribution is 0.0692. The van der Waals surface area contributed by atoms with Crippen LogP contribution in [0, 0.1) is 5.82 Å². The molecule has 0 saturated carbocycles. The second kappa shape index (κ2) is 2.76. The van der Waals surface area contributed by atoms with Crippen LogP contribution >= 0.6 is 0 Å². The van der Waals surface area contributed by atoms with Crippen molar-refractivity contribution in [2.75, 3.05) is 0 Å². The fourth-order valence-corrected chi connectivity index (χ4v) is 1.22. The number of hydrogen-bond acceptors (Lipinski definition) is 3. The van der Waals surface area contributed by atoms with E-state index in [1.54, 1.807) is 7.05 Å². The van der Waals surface area contributed by atoms with Gasteiger partial charge in [0.1, 0.15) is 11.3 Å². The van der Waals surface area contributed by atoms with Gasteiger partial charge in [-0.3, -0.25) is 0 Å². The monoisotopic (exact) mass is 195 g/mol. The van der Waals surface area contributed by atoms with Gasteiger partial charge in [-0.05, 0) is 6.07 Å². The predicted molar refractivity (Wildman–Crippen MR) is 45.4 cm³/mol. The Bertz CT molecular complexity index is 521. The molecule has 0 aliphatic heterocycles. The molecule has 6 heteroatoms. The van der Waals surface area contributed by atoms with Gasteiger partial charge in [0.15, 0.2) is 0 Å². The van der Waals surface area contributed by atoms with Gasteiger partial charge in [0.25, 0.3) is 0 Å². The van der Waals surface area contributed by atoms with E-state index in [-0.39, 0.29) is 5.56 Å². The number of hydrogen-bond donors (Lipinski definition) is 1. The van der Waals surface area contributed by atoms with Crippen molar-refractivity contribution in [2.45, 2.75) is 0 Å². The van der Waals surface area contributed by atoms with Crippen molar-refractivity contribution in [3.05, 3.63) is 23.5 Å². The van der Waals surface area contributed by atoms with Gasteiger partial charge in [0, 0.05) is 13.1 Å². The molecule has 0 atom stereocenters. The molecule has 5 nitrogen and oxygen atoms in total. The molecule has 1 aromatic carbocycles. The van der Waals surface area contributed by atoms with Crippen LogP contribution in [0.25, 0.3) is 11.0 Å². The van der Waals surface area contributed by atoms with E-state index in [1.165, 1.54) is 10.7 Å². The molecule has 0 spiro atoms. The zero-order valence-corrected chi connectivity index (χ0v) is 7.23. The summed E-state index contributed by atoms with van der Waals surface area (Å²) in [6.07, 6.45) is 0. The molecule has 0 saturated heterocycles. The lowest BCUT2D eigenvalue weighted by Crippen LogP contribution is -2.01. The predicted octanol–water partition coefficient (Wildman–Crippen LogP) is 0.806. The summed E-state index contributed by atoms with van der Waals surface area (Å²) in [5.41, 5.74) is 0.460. The molecule has 0 fully saturated rings. The molecule has 0 bridgehead atoms. The number of carboxylic acid groups (broad SMARTS) is 1. The van der Waals surface area contributed by atoms with Crippen LogP contribution in [0.5, 0.6) is 0 Å². The first-order valence-electron chi connectivity index (χ1n) is 3.82. The Morgan fingerprint density at radius 3 is 2.93 bits per heavy atom. The van der Waals surface area contributed by atoms with E-state index in [2.05, 4.69) is 10.3 Å². The third kappa shape index (κ3) is 1.12. The first-order chi connectivity index (χ1) is 6.59. The van der Waals surface area contributed by atoms with Crippen molar-refractivity contribution in [1.82, 2.24) is 15.0 Å². The average Bonchev–Trinajstić information content (AvgIpc) is 2.46. The number of benzene rings is 1. The molecule has 0 radical (unpaired) electrons. The van der Waals surface area contributed by atoms with Crippen LogP contribution in [0.3, 0.4) is 0 Å². The molecule has 14 heavy (non-hydrogen) atoms. The van der Waals surface area contributed by atoms with Crippen molar-refractivity contribution in [2.24, 2.45) is 7.05 Å². The maximum Gasteiger partial charge on any atom is 0.338 e.